The minimum atomic E-state index is -0.541. The summed E-state index contributed by atoms with van der Waals surface area (Å²) < 4.78 is 5.68. The number of rotatable bonds is 5. The van der Waals surface area contributed by atoms with E-state index in [0.717, 1.165) is 54.3 Å². The van der Waals surface area contributed by atoms with E-state index >= 15 is 0 Å². The number of hydrogen-bond acceptors (Lipinski definition) is 6. The van der Waals surface area contributed by atoms with Crippen molar-refractivity contribution >= 4 is 45.5 Å². The molecule has 1 fully saturated rings. The zero-order valence-electron chi connectivity index (χ0n) is 17.9. The van der Waals surface area contributed by atoms with Gasteiger partial charge in [-0.1, -0.05) is 11.6 Å². The van der Waals surface area contributed by atoms with Crippen molar-refractivity contribution in [3.05, 3.63) is 52.7 Å². The third kappa shape index (κ3) is 4.24. The Morgan fingerprint density at radius 1 is 1.19 bits per heavy atom. The number of halogens is 1. The molecule has 0 spiro atoms. The molecule has 1 amide bonds. The lowest BCUT2D eigenvalue weighted by atomic mass is 10.1. The number of carbonyl (C=O) groups excluding carboxylic acids is 1. The van der Waals surface area contributed by atoms with Gasteiger partial charge in [-0.2, -0.15) is 0 Å². The number of likely N-dealkylation sites (N-methyl/N-ethyl adjacent to an activating group) is 1. The molecule has 2 aromatic carbocycles. The number of carbonyl (C=O) groups is 1. The van der Waals surface area contributed by atoms with Gasteiger partial charge >= 0.3 is 0 Å². The lowest BCUT2D eigenvalue weighted by Gasteiger charge is -2.35. The van der Waals surface area contributed by atoms with Crippen molar-refractivity contribution in [2.24, 2.45) is 5.73 Å². The lowest BCUT2D eigenvalue weighted by Crippen LogP contribution is -2.44. The summed E-state index contributed by atoms with van der Waals surface area (Å²) in [5.74, 6) is 0.213. The molecule has 162 valence electrons. The molecule has 7 nitrogen and oxygen atoms in total. The second-order valence-electron chi connectivity index (χ2n) is 7.83. The van der Waals surface area contributed by atoms with Gasteiger partial charge in [0.25, 0.3) is 5.91 Å². The van der Waals surface area contributed by atoms with Crippen LogP contribution in [0.1, 0.15) is 15.9 Å². The van der Waals surface area contributed by atoms with E-state index in [-0.39, 0.29) is 0 Å². The largest absolute Gasteiger partial charge is 0.495 e. The van der Waals surface area contributed by atoms with Crippen LogP contribution < -0.4 is 20.7 Å². The zero-order valence-corrected chi connectivity index (χ0v) is 18.7. The predicted molar refractivity (Wildman–Crippen MR) is 126 cm³/mol. The minimum Gasteiger partial charge on any atom is -0.495 e. The fourth-order valence-corrected chi connectivity index (χ4v) is 4.12. The molecular weight excluding hydrogens is 414 g/mol. The highest BCUT2D eigenvalue weighted by atomic mass is 35.5. The van der Waals surface area contributed by atoms with E-state index in [0.29, 0.717) is 21.8 Å². The second kappa shape index (κ2) is 8.61. The number of aromatic nitrogens is 1. The van der Waals surface area contributed by atoms with Crippen molar-refractivity contribution in [2.75, 3.05) is 50.6 Å². The normalized spacial score (nSPS) is 14.6. The molecule has 1 saturated heterocycles. The number of ether oxygens (including phenoxy) is 1. The van der Waals surface area contributed by atoms with E-state index in [4.69, 9.17) is 22.1 Å². The Hall–Kier alpha value is -3.03. The molecule has 0 atom stereocenters. The number of pyridine rings is 1. The molecule has 0 aliphatic carbocycles. The highest BCUT2D eigenvalue weighted by Gasteiger charge is 2.21. The highest BCUT2D eigenvalue weighted by Crippen LogP contribution is 2.38. The fraction of sp³-hybridized carbons (Fsp3) is 0.304. The predicted octanol–water partition coefficient (Wildman–Crippen LogP) is 3.80. The first-order valence-electron chi connectivity index (χ1n) is 10.1. The molecule has 3 aromatic rings. The van der Waals surface area contributed by atoms with Crippen LogP contribution in [0.25, 0.3) is 10.9 Å². The first kappa shape index (κ1) is 21.2. The maximum absolute atomic E-state index is 12.2. The van der Waals surface area contributed by atoms with Crippen LogP contribution in [0.3, 0.4) is 0 Å². The van der Waals surface area contributed by atoms with Gasteiger partial charge in [0, 0.05) is 54.5 Å². The van der Waals surface area contributed by atoms with Crippen molar-refractivity contribution in [1.29, 1.82) is 0 Å². The van der Waals surface area contributed by atoms with E-state index in [1.165, 1.54) is 6.20 Å². The standard InChI is InChI=1S/C23H26ClN5O2/c1-14-10-15(24)4-5-18(14)27-22-16-11-20(29-8-6-28(2)7-9-29)21(31-3)12-19(16)26-13-17(22)23(25)30/h4-5,10-13H,6-9H2,1-3H3,(H2,25,30)(H,26,27). The molecule has 2 heterocycles. The number of nitrogens with zero attached hydrogens (tertiary/aromatic N) is 3. The summed E-state index contributed by atoms with van der Waals surface area (Å²) in [6, 6.07) is 9.51. The van der Waals surface area contributed by atoms with Gasteiger partial charge in [-0.05, 0) is 43.8 Å². The van der Waals surface area contributed by atoms with E-state index in [1.807, 2.05) is 37.3 Å². The fourth-order valence-electron chi connectivity index (χ4n) is 3.89. The summed E-state index contributed by atoms with van der Waals surface area (Å²) in [6.07, 6.45) is 1.51. The number of hydrogen-bond donors (Lipinski definition) is 2. The van der Waals surface area contributed by atoms with E-state index < -0.39 is 5.91 Å². The topological polar surface area (TPSA) is 83.7 Å². The number of nitrogens with two attached hydrogens (primary N) is 1. The zero-order chi connectivity index (χ0) is 22.1. The quantitative estimate of drug-likeness (QED) is 0.629. The lowest BCUT2D eigenvalue weighted by molar-refractivity contribution is 0.100. The maximum Gasteiger partial charge on any atom is 0.252 e. The van der Waals surface area contributed by atoms with Crippen LogP contribution in [-0.4, -0.2) is 56.1 Å². The molecule has 1 aromatic heterocycles. The van der Waals surface area contributed by atoms with Crippen molar-refractivity contribution < 1.29 is 9.53 Å². The summed E-state index contributed by atoms with van der Waals surface area (Å²) in [4.78, 5) is 21.3. The summed E-state index contributed by atoms with van der Waals surface area (Å²) in [7, 11) is 3.78. The summed E-state index contributed by atoms with van der Waals surface area (Å²) in [5.41, 5.74) is 10.1. The van der Waals surface area contributed by atoms with Gasteiger partial charge in [-0.15, -0.1) is 0 Å². The Morgan fingerprint density at radius 2 is 1.94 bits per heavy atom. The monoisotopic (exact) mass is 439 g/mol. The van der Waals surface area contributed by atoms with Gasteiger partial charge in [-0.25, -0.2) is 0 Å². The molecule has 0 bridgehead atoms. The Kier molecular flexibility index (Phi) is 5.89. The van der Waals surface area contributed by atoms with Crippen LogP contribution in [0, 0.1) is 6.92 Å². The van der Waals surface area contributed by atoms with Crippen molar-refractivity contribution in [3.8, 4) is 5.75 Å². The van der Waals surface area contributed by atoms with E-state index in [2.05, 4.69) is 27.1 Å². The van der Waals surface area contributed by atoms with Crippen molar-refractivity contribution in [3.63, 3.8) is 0 Å². The molecule has 4 rings (SSSR count). The van der Waals surface area contributed by atoms with Gasteiger partial charge in [0.15, 0.2) is 0 Å². The first-order valence-corrected chi connectivity index (χ1v) is 10.5. The highest BCUT2D eigenvalue weighted by molar-refractivity contribution is 6.30. The number of primary amides is 1. The average molecular weight is 440 g/mol. The Labute approximate surface area is 186 Å². The SMILES string of the molecule is COc1cc2ncc(C(N)=O)c(Nc3ccc(Cl)cc3C)c2cc1N1CCN(C)CC1. The van der Waals surface area contributed by atoms with Crippen LogP contribution in [0.4, 0.5) is 17.1 Å². The summed E-state index contributed by atoms with van der Waals surface area (Å²) in [6.45, 7) is 5.67. The molecule has 1 aliphatic heterocycles. The number of aryl methyl sites for hydroxylation is 1. The van der Waals surface area contributed by atoms with Crippen LogP contribution in [0.2, 0.25) is 5.02 Å². The molecule has 3 N–H and O–H groups in total. The third-order valence-corrected chi connectivity index (χ3v) is 5.96. The summed E-state index contributed by atoms with van der Waals surface area (Å²) >= 11 is 6.11. The van der Waals surface area contributed by atoms with Gasteiger partial charge in [-0.3, -0.25) is 9.78 Å². The molecular formula is C23H26ClN5O2. The van der Waals surface area contributed by atoms with E-state index in [1.54, 1.807) is 7.11 Å². The van der Waals surface area contributed by atoms with Crippen molar-refractivity contribution in [1.82, 2.24) is 9.88 Å². The average Bonchev–Trinajstić information content (AvgIpc) is 2.75. The third-order valence-electron chi connectivity index (χ3n) is 5.73. The summed E-state index contributed by atoms with van der Waals surface area (Å²) in [5, 5.41) is 4.86. The Morgan fingerprint density at radius 3 is 2.58 bits per heavy atom. The number of fused-ring (bicyclic) bond motifs is 1. The van der Waals surface area contributed by atoms with Crippen LogP contribution in [0.5, 0.6) is 5.75 Å². The second-order valence-corrected chi connectivity index (χ2v) is 8.26. The van der Waals surface area contributed by atoms with E-state index in [9.17, 15) is 4.79 Å². The van der Waals surface area contributed by atoms with Crippen LogP contribution in [-0.2, 0) is 0 Å². The molecule has 8 heteroatoms. The molecule has 31 heavy (non-hydrogen) atoms. The molecule has 0 saturated carbocycles. The minimum absolute atomic E-state index is 0.330. The number of amides is 1. The number of methoxy groups -OCH3 is 1. The number of piperazine rings is 1. The Bertz CT molecular complexity index is 1140. The van der Waals surface area contributed by atoms with Crippen molar-refractivity contribution in [2.45, 2.75) is 6.92 Å². The Balaban J connectivity index is 1.88. The van der Waals surface area contributed by atoms with Crippen LogP contribution in [0.15, 0.2) is 36.5 Å². The number of benzene rings is 2. The van der Waals surface area contributed by atoms with Gasteiger partial charge in [0.05, 0.1) is 29.6 Å². The molecule has 0 unspecified atom stereocenters. The van der Waals surface area contributed by atoms with Gasteiger partial charge in [0.1, 0.15) is 5.75 Å². The maximum atomic E-state index is 12.2. The molecule has 1 aliphatic rings. The molecule has 0 radical (unpaired) electrons. The first-order chi connectivity index (χ1) is 14.9. The number of nitrogens with one attached hydrogen (secondary N) is 1. The number of anilines is 3. The van der Waals surface area contributed by atoms with Crippen LogP contribution >= 0.6 is 11.6 Å². The smallest absolute Gasteiger partial charge is 0.252 e. The van der Waals surface area contributed by atoms with Gasteiger partial charge in [0.2, 0.25) is 0 Å². The van der Waals surface area contributed by atoms with Gasteiger partial charge < -0.3 is 25.6 Å².